The highest BCUT2D eigenvalue weighted by atomic mass is 16.6. The summed E-state index contributed by atoms with van der Waals surface area (Å²) in [5.74, 6) is 1.76. The van der Waals surface area contributed by atoms with Crippen molar-refractivity contribution in [2.75, 3.05) is 19.8 Å². The molecule has 3 heteroatoms. The lowest BCUT2D eigenvalue weighted by atomic mass is 10.0. The standard InChI is InChI=1S/C19H21NO2/c1-2-5-17-14-20(9-3-6-16(17)4-1)13-15-7-8-18-19(12-15)22-11-10-21-18/h1-2,4-5,7-8,12H,3,6,9-11,13-14H2. The Labute approximate surface area is 131 Å². The molecule has 0 saturated carbocycles. The Bertz CT molecular complexity index is 668. The number of benzene rings is 2. The Morgan fingerprint density at radius 1 is 0.909 bits per heavy atom. The van der Waals surface area contributed by atoms with Crippen LogP contribution in [-0.2, 0) is 19.5 Å². The second kappa shape index (κ2) is 6.01. The van der Waals surface area contributed by atoms with Crippen LogP contribution in [0.2, 0.25) is 0 Å². The van der Waals surface area contributed by atoms with Gasteiger partial charge in [-0.2, -0.15) is 0 Å². The minimum absolute atomic E-state index is 0.646. The molecule has 0 fully saturated rings. The highest BCUT2D eigenvalue weighted by Gasteiger charge is 2.16. The van der Waals surface area contributed by atoms with Crippen LogP contribution in [0.3, 0.4) is 0 Å². The molecule has 22 heavy (non-hydrogen) atoms. The summed E-state index contributed by atoms with van der Waals surface area (Å²) < 4.78 is 11.3. The molecule has 0 radical (unpaired) electrons. The molecule has 3 nitrogen and oxygen atoms in total. The quantitative estimate of drug-likeness (QED) is 0.847. The minimum Gasteiger partial charge on any atom is -0.486 e. The van der Waals surface area contributed by atoms with Crippen LogP contribution in [-0.4, -0.2) is 24.7 Å². The summed E-state index contributed by atoms with van der Waals surface area (Å²) >= 11 is 0. The molecule has 0 unspecified atom stereocenters. The first kappa shape index (κ1) is 13.6. The predicted octanol–water partition coefficient (Wildman–Crippen LogP) is 3.41. The molecule has 4 rings (SSSR count). The molecular formula is C19H21NO2. The zero-order chi connectivity index (χ0) is 14.8. The van der Waals surface area contributed by atoms with Gasteiger partial charge in [-0.3, -0.25) is 4.90 Å². The number of hydrogen-bond donors (Lipinski definition) is 0. The van der Waals surface area contributed by atoms with Crippen molar-refractivity contribution in [1.29, 1.82) is 0 Å². The van der Waals surface area contributed by atoms with Gasteiger partial charge in [-0.25, -0.2) is 0 Å². The Hall–Kier alpha value is -2.00. The predicted molar refractivity (Wildman–Crippen MR) is 86.3 cm³/mol. The van der Waals surface area contributed by atoms with Gasteiger partial charge < -0.3 is 9.47 Å². The maximum Gasteiger partial charge on any atom is 0.161 e. The van der Waals surface area contributed by atoms with Gasteiger partial charge in [0, 0.05) is 13.1 Å². The zero-order valence-corrected chi connectivity index (χ0v) is 12.8. The van der Waals surface area contributed by atoms with E-state index in [1.54, 1.807) is 0 Å². The smallest absolute Gasteiger partial charge is 0.161 e. The molecular weight excluding hydrogens is 274 g/mol. The van der Waals surface area contributed by atoms with Gasteiger partial charge in [-0.05, 0) is 48.2 Å². The SMILES string of the molecule is c1ccc2c(c1)CCCN(Cc1ccc3c(c1)OCCO3)C2. The van der Waals surface area contributed by atoms with E-state index >= 15 is 0 Å². The molecule has 0 aliphatic carbocycles. The highest BCUT2D eigenvalue weighted by molar-refractivity contribution is 5.43. The number of nitrogens with zero attached hydrogens (tertiary/aromatic N) is 1. The van der Waals surface area contributed by atoms with E-state index in [1.807, 2.05) is 6.07 Å². The lowest BCUT2D eigenvalue weighted by molar-refractivity contribution is 0.171. The maximum absolute atomic E-state index is 5.69. The van der Waals surface area contributed by atoms with E-state index < -0.39 is 0 Å². The fraction of sp³-hybridized carbons (Fsp3) is 0.368. The summed E-state index contributed by atoms with van der Waals surface area (Å²) in [6.07, 6.45) is 2.41. The number of hydrogen-bond acceptors (Lipinski definition) is 3. The molecule has 114 valence electrons. The summed E-state index contributed by atoms with van der Waals surface area (Å²) in [7, 11) is 0. The van der Waals surface area contributed by atoms with Crippen molar-refractivity contribution >= 4 is 0 Å². The second-order valence-corrected chi connectivity index (χ2v) is 6.06. The van der Waals surface area contributed by atoms with E-state index in [9.17, 15) is 0 Å². The monoisotopic (exact) mass is 295 g/mol. The molecule has 0 atom stereocenters. The Morgan fingerprint density at radius 3 is 2.64 bits per heavy atom. The average Bonchev–Trinajstić information content (AvgIpc) is 2.76. The number of fused-ring (bicyclic) bond motifs is 2. The fourth-order valence-electron chi connectivity index (χ4n) is 3.35. The molecule has 2 aliphatic heterocycles. The first-order chi connectivity index (χ1) is 10.9. The number of aryl methyl sites for hydroxylation is 1. The van der Waals surface area contributed by atoms with Crippen molar-refractivity contribution in [2.24, 2.45) is 0 Å². The zero-order valence-electron chi connectivity index (χ0n) is 12.8. The summed E-state index contributed by atoms with van der Waals surface area (Å²) in [4.78, 5) is 2.53. The molecule has 2 aromatic carbocycles. The average molecular weight is 295 g/mol. The molecule has 0 spiro atoms. The van der Waals surface area contributed by atoms with Crippen LogP contribution in [0.1, 0.15) is 23.1 Å². The number of rotatable bonds is 2. The molecule has 0 amide bonds. The minimum atomic E-state index is 0.646. The van der Waals surface area contributed by atoms with Crippen LogP contribution in [0.5, 0.6) is 11.5 Å². The fourth-order valence-corrected chi connectivity index (χ4v) is 3.35. The van der Waals surface area contributed by atoms with Crippen molar-refractivity contribution in [1.82, 2.24) is 4.90 Å². The van der Waals surface area contributed by atoms with Gasteiger partial charge in [0.15, 0.2) is 11.5 Å². The number of ether oxygens (including phenoxy) is 2. The summed E-state index contributed by atoms with van der Waals surface area (Å²) in [6, 6.07) is 15.1. The summed E-state index contributed by atoms with van der Waals surface area (Å²) in [5, 5.41) is 0. The Balaban J connectivity index is 1.51. The molecule has 2 heterocycles. The lowest BCUT2D eigenvalue weighted by Gasteiger charge is -2.23. The highest BCUT2D eigenvalue weighted by Crippen LogP contribution is 2.31. The topological polar surface area (TPSA) is 21.7 Å². The molecule has 2 aliphatic rings. The third kappa shape index (κ3) is 2.81. The maximum atomic E-state index is 5.69. The Morgan fingerprint density at radius 2 is 1.73 bits per heavy atom. The van der Waals surface area contributed by atoms with Gasteiger partial charge in [0.25, 0.3) is 0 Å². The molecule has 0 bridgehead atoms. The van der Waals surface area contributed by atoms with Crippen molar-refractivity contribution in [3.8, 4) is 11.5 Å². The van der Waals surface area contributed by atoms with E-state index in [4.69, 9.17) is 9.47 Å². The Kier molecular flexibility index (Phi) is 3.73. The largest absolute Gasteiger partial charge is 0.486 e. The van der Waals surface area contributed by atoms with Crippen LogP contribution in [0, 0.1) is 0 Å². The molecule has 0 aromatic heterocycles. The van der Waals surface area contributed by atoms with Crippen LogP contribution < -0.4 is 9.47 Å². The third-order valence-electron chi connectivity index (χ3n) is 4.45. The van der Waals surface area contributed by atoms with Gasteiger partial charge in [0.05, 0.1) is 0 Å². The van der Waals surface area contributed by atoms with Crippen molar-refractivity contribution in [2.45, 2.75) is 25.9 Å². The van der Waals surface area contributed by atoms with Gasteiger partial charge >= 0.3 is 0 Å². The van der Waals surface area contributed by atoms with Crippen molar-refractivity contribution in [3.63, 3.8) is 0 Å². The van der Waals surface area contributed by atoms with E-state index in [0.29, 0.717) is 13.2 Å². The van der Waals surface area contributed by atoms with Crippen molar-refractivity contribution in [3.05, 3.63) is 59.2 Å². The van der Waals surface area contributed by atoms with Gasteiger partial charge in [0.2, 0.25) is 0 Å². The van der Waals surface area contributed by atoms with Gasteiger partial charge in [-0.1, -0.05) is 30.3 Å². The normalized spacial score (nSPS) is 17.6. The lowest BCUT2D eigenvalue weighted by Crippen LogP contribution is -2.23. The van der Waals surface area contributed by atoms with Crippen LogP contribution in [0.25, 0.3) is 0 Å². The van der Waals surface area contributed by atoms with E-state index in [-0.39, 0.29) is 0 Å². The van der Waals surface area contributed by atoms with Gasteiger partial charge in [0.1, 0.15) is 13.2 Å². The molecule has 0 saturated heterocycles. The van der Waals surface area contributed by atoms with E-state index in [1.165, 1.54) is 29.5 Å². The summed E-state index contributed by atoms with van der Waals surface area (Å²) in [5.41, 5.74) is 4.27. The summed E-state index contributed by atoms with van der Waals surface area (Å²) in [6.45, 7) is 4.43. The van der Waals surface area contributed by atoms with Gasteiger partial charge in [-0.15, -0.1) is 0 Å². The molecule has 0 N–H and O–H groups in total. The van der Waals surface area contributed by atoms with E-state index in [2.05, 4.69) is 41.3 Å². The first-order valence-electron chi connectivity index (χ1n) is 8.06. The van der Waals surface area contributed by atoms with E-state index in [0.717, 1.165) is 31.1 Å². The van der Waals surface area contributed by atoms with Crippen LogP contribution in [0.4, 0.5) is 0 Å². The molecule has 2 aromatic rings. The third-order valence-corrected chi connectivity index (χ3v) is 4.45. The second-order valence-electron chi connectivity index (χ2n) is 6.06. The van der Waals surface area contributed by atoms with Crippen LogP contribution >= 0.6 is 0 Å². The first-order valence-corrected chi connectivity index (χ1v) is 8.06. The van der Waals surface area contributed by atoms with Crippen molar-refractivity contribution < 1.29 is 9.47 Å². The van der Waals surface area contributed by atoms with Crippen LogP contribution in [0.15, 0.2) is 42.5 Å².